The molecule has 2 nitrogen and oxygen atoms in total. The maximum absolute atomic E-state index is 12.1. The van der Waals surface area contributed by atoms with E-state index in [0.29, 0.717) is 6.54 Å². The molecule has 1 aromatic heterocycles. The number of aliphatic hydroxyl groups is 1. The van der Waals surface area contributed by atoms with Gasteiger partial charge in [0, 0.05) is 35.6 Å². The molecule has 18 heavy (non-hydrogen) atoms. The first kappa shape index (κ1) is 13.0. The van der Waals surface area contributed by atoms with E-state index in [1.165, 1.54) is 0 Å². The molecule has 1 aromatic carbocycles. The summed E-state index contributed by atoms with van der Waals surface area (Å²) in [6.07, 6.45) is -3.12. The molecule has 2 rings (SSSR count). The van der Waals surface area contributed by atoms with Gasteiger partial charge >= 0.3 is 6.18 Å². The van der Waals surface area contributed by atoms with E-state index in [9.17, 15) is 18.3 Å². The summed E-state index contributed by atoms with van der Waals surface area (Å²) < 4.78 is 38.1. The van der Waals surface area contributed by atoms with Crippen LogP contribution in [0, 0.1) is 0 Å². The molecule has 0 saturated carbocycles. The first-order chi connectivity index (χ1) is 8.51. The number of halogens is 3. The van der Waals surface area contributed by atoms with Gasteiger partial charge in [-0.1, -0.05) is 18.2 Å². The molecule has 0 unspecified atom stereocenters. The second kappa shape index (κ2) is 5.02. The molecular weight excluding hydrogens is 243 g/mol. The average molecular weight is 257 g/mol. The summed E-state index contributed by atoms with van der Waals surface area (Å²) in [6.45, 7) is 0.201. The molecular formula is C13H14F3NO. The number of fused-ring (bicyclic) bond motifs is 1. The van der Waals surface area contributed by atoms with Crippen molar-refractivity contribution in [1.29, 1.82) is 0 Å². The Kier molecular flexibility index (Phi) is 3.61. The lowest BCUT2D eigenvalue weighted by atomic mass is 10.2. The van der Waals surface area contributed by atoms with E-state index in [4.69, 9.17) is 0 Å². The predicted octanol–water partition coefficient (Wildman–Crippen LogP) is 3.48. The number of hydrogen-bond donors (Lipinski definition) is 1. The Morgan fingerprint density at radius 3 is 2.56 bits per heavy atom. The van der Waals surface area contributed by atoms with Crippen molar-refractivity contribution in [3.05, 3.63) is 36.0 Å². The summed E-state index contributed by atoms with van der Waals surface area (Å²) in [5.41, 5.74) is 1.61. The van der Waals surface area contributed by atoms with Gasteiger partial charge in [0.15, 0.2) is 0 Å². The second-order valence-electron chi connectivity index (χ2n) is 4.24. The number of alkyl halides is 3. The maximum atomic E-state index is 12.1. The van der Waals surface area contributed by atoms with Crippen molar-refractivity contribution in [2.75, 3.05) is 0 Å². The fraction of sp³-hybridized carbons (Fsp3) is 0.385. The van der Waals surface area contributed by atoms with Gasteiger partial charge in [0.05, 0.1) is 6.61 Å². The quantitative estimate of drug-likeness (QED) is 0.891. The van der Waals surface area contributed by atoms with Crippen LogP contribution in [0.3, 0.4) is 0 Å². The van der Waals surface area contributed by atoms with E-state index < -0.39 is 12.6 Å². The minimum absolute atomic E-state index is 0.0487. The molecule has 0 bridgehead atoms. The van der Waals surface area contributed by atoms with Crippen LogP contribution in [-0.2, 0) is 13.2 Å². The van der Waals surface area contributed by atoms with Gasteiger partial charge in [0.2, 0.25) is 0 Å². The van der Waals surface area contributed by atoms with Crippen LogP contribution in [0.2, 0.25) is 0 Å². The fourth-order valence-corrected chi connectivity index (χ4v) is 2.08. The molecule has 0 aliphatic carbocycles. The van der Waals surface area contributed by atoms with Gasteiger partial charge < -0.3 is 9.67 Å². The lowest BCUT2D eigenvalue weighted by Gasteiger charge is -2.07. The van der Waals surface area contributed by atoms with Crippen LogP contribution in [0.25, 0.3) is 10.9 Å². The molecule has 0 spiro atoms. The Balaban J connectivity index is 2.18. The van der Waals surface area contributed by atoms with Crippen molar-refractivity contribution < 1.29 is 18.3 Å². The van der Waals surface area contributed by atoms with Gasteiger partial charge in [-0.15, -0.1) is 0 Å². The highest BCUT2D eigenvalue weighted by Gasteiger charge is 2.26. The molecule has 0 aliphatic heterocycles. The van der Waals surface area contributed by atoms with E-state index in [-0.39, 0.29) is 13.0 Å². The smallest absolute Gasteiger partial charge is 0.389 e. The Labute approximate surface area is 103 Å². The number of benzene rings is 1. The predicted molar refractivity (Wildman–Crippen MR) is 63.1 cm³/mol. The summed E-state index contributed by atoms with van der Waals surface area (Å²) in [5, 5.41) is 10.1. The highest BCUT2D eigenvalue weighted by atomic mass is 19.4. The highest BCUT2D eigenvalue weighted by Crippen LogP contribution is 2.24. The van der Waals surface area contributed by atoms with E-state index in [1.807, 2.05) is 24.3 Å². The Morgan fingerprint density at radius 1 is 1.17 bits per heavy atom. The van der Waals surface area contributed by atoms with Gasteiger partial charge in [-0.05, 0) is 12.5 Å². The van der Waals surface area contributed by atoms with Crippen molar-refractivity contribution in [3.63, 3.8) is 0 Å². The molecule has 1 N–H and O–H groups in total. The number of nitrogens with zero attached hydrogens (tertiary/aromatic N) is 1. The maximum Gasteiger partial charge on any atom is 0.389 e. The van der Waals surface area contributed by atoms with Gasteiger partial charge in [0.25, 0.3) is 0 Å². The molecule has 1 heterocycles. The summed E-state index contributed by atoms with van der Waals surface area (Å²) >= 11 is 0. The summed E-state index contributed by atoms with van der Waals surface area (Å²) in [5.74, 6) is 0. The van der Waals surface area contributed by atoms with Crippen molar-refractivity contribution in [2.24, 2.45) is 0 Å². The van der Waals surface area contributed by atoms with Crippen LogP contribution >= 0.6 is 0 Å². The minimum Gasteiger partial charge on any atom is -0.392 e. The first-order valence-corrected chi connectivity index (χ1v) is 5.75. The largest absolute Gasteiger partial charge is 0.392 e. The van der Waals surface area contributed by atoms with Gasteiger partial charge in [-0.2, -0.15) is 13.2 Å². The third kappa shape index (κ3) is 2.85. The molecule has 0 saturated heterocycles. The number of aryl methyl sites for hydroxylation is 1. The molecule has 0 aliphatic rings. The standard InChI is InChI=1S/C13H14F3NO/c14-13(15,16)6-3-7-17-8-10(9-18)11-4-1-2-5-12(11)17/h1-2,4-5,8,18H,3,6-7,9H2. The molecule has 5 heteroatoms. The topological polar surface area (TPSA) is 25.2 Å². The number of aliphatic hydroxyl groups excluding tert-OH is 1. The SMILES string of the molecule is OCc1cn(CCCC(F)(F)F)c2ccccc12. The van der Waals surface area contributed by atoms with Crippen LogP contribution < -0.4 is 0 Å². The zero-order chi connectivity index (χ0) is 13.2. The fourth-order valence-electron chi connectivity index (χ4n) is 2.08. The molecule has 0 fully saturated rings. The number of para-hydroxylation sites is 1. The lowest BCUT2D eigenvalue weighted by molar-refractivity contribution is -0.135. The van der Waals surface area contributed by atoms with E-state index in [1.54, 1.807) is 10.8 Å². The zero-order valence-electron chi connectivity index (χ0n) is 9.74. The molecule has 98 valence electrons. The van der Waals surface area contributed by atoms with Crippen LogP contribution in [-0.4, -0.2) is 15.8 Å². The Hall–Kier alpha value is -1.49. The second-order valence-corrected chi connectivity index (χ2v) is 4.24. The highest BCUT2D eigenvalue weighted by molar-refractivity contribution is 5.83. The number of hydrogen-bond acceptors (Lipinski definition) is 1. The molecule has 0 radical (unpaired) electrons. The van der Waals surface area contributed by atoms with Crippen LogP contribution in [0.1, 0.15) is 18.4 Å². The monoisotopic (exact) mass is 257 g/mol. The first-order valence-electron chi connectivity index (χ1n) is 5.75. The Bertz CT molecular complexity index is 531. The normalized spacial score (nSPS) is 12.2. The van der Waals surface area contributed by atoms with Crippen LogP contribution in [0.15, 0.2) is 30.5 Å². The van der Waals surface area contributed by atoms with Crippen molar-refractivity contribution in [2.45, 2.75) is 32.2 Å². The minimum atomic E-state index is -4.11. The van der Waals surface area contributed by atoms with Gasteiger partial charge in [0.1, 0.15) is 0 Å². The van der Waals surface area contributed by atoms with Crippen molar-refractivity contribution >= 4 is 10.9 Å². The third-order valence-electron chi connectivity index (χ3n) is 2.90. The van der Waals surface area contributed by atoms with E-state index >= 15 is 0 Å². The molecule has 0 atom stereocenters. The van der Waals surface area contributed by atoms with Crippen LogP contribution in [0.4, 0.5) is 13.2 Å². The number of rotatable bonds is 4. The zero-order valence-corrected chi connectivity index (χ0v) is 9.74. The molecule has 2 aromatic rings. The van der Waals surface area contributed by atoms with Crippen LogP contribution in [0.5, 0.6) is 0 Å². The Morgan fingerprint density at radius 2 is 1.89 bits per heavy atom. The summed E-state index contributed by atoms with van der Waals surface area (Å²) in [7, 11) is 0. The van der Waals surface area contributed by atoms with Gasteiger partial charge in [-0.25, -0.2) is 0 Å². The average Bonchev–Trinajstić information content (AvgIpc) is 2.66. The lowest BCUT2D eigenvalue weighted by Crippen LogP contribution is -2.08. The summed E-state index contributed by atoms with van der Waals surface area (Å²) in [6, 6.07) is 7.40. The summed E-state index contributed by atoms with van der Waals surface area (Å²) in [4.78, 5) is 0. The third-order valence-corrected chi connectivity index (χ3v) is 2.90. The number of aromatic nitrogens is 1. The van der Waals surface area contributed by atoms with Crippen molar-refractivity contribution in [1.82, 2.24) is 4.57 Å². The van der Waals surface area contributed by atoms with Crippen molar-refractivity contribution in [3.8, 4) is 0 Å². The van der Waals surface area contributed by atoms with Gasteiger partial charge in [-0.3, -0.25) is 0 Å². The molecule has 0 amide bonds. The van der Waals surface area contributed by atoms with E-state index in [0.717, 1.165) is 16.5 Å². The van der Waals surface area contributed by atoms with E-state index in [2.05, 4.69) is 0 Å².